The van der Waals surface area contributed by atoms with Crippen LogP contribution in [0.1, 0.15) is 44.0 Å². The summed E-state index contributed by atoms with van der Waals surface area (Å²) >= 11 is 0. The van der Waals surface area contributed by atoms with E-state index in [4.69, 9.17) is 15.5 Å². The second kappa shape index (κ2) is 15.8. The van der Waals surface area contributed by atoms with Crippen LogP contribution < -0.4 is 10.1 Å². The number of aromatic nitrogens is 1. The molecule has 0 bridgehead atoms. The van der Waals surface area contributed by atoms with Crippen molar-refractivity contribution in [1.82, 2.24) is 4.98 Å². The van der Waals surface area contributed by atoms with Gasteiger partial charge in [0.15, 0.2) is 5.58 Å². The van der Waals surface area contributed by atoms with E-state index in [1.165, 1.54) is 17.3 Å². The summed E-state index contributed by atoms with van der Waals surface area (Å²) in [6, 6.07) is 50.1. The van der Waals surface area contributed by atoms with Crippen LogP contribution in [0.25, 0.3) is 71.2 Å². The molecule has 5 nitrogen and oxygen atoms in total. The number of halogens is 1. The van der Waals surface area contributed by atoms with Gasteiger partial charge in [0, 0.05) is 35.0 Å². The van der Waals surface area contributed by atoms with Crippen LogP contribution in [0.4, 0.5) is 21.5 Å². The smallest absolute Gasteiger partial charge is 0.661 e. The fraction of sp³-hybridized carbons (Fsp3) is 0.151. The van der Waals surface area contributed by atoms with Crippen molar-refractivity contribution in [2.45, 2.75) is 52.5 Å². The van der Waals surface area contributed by atoms with Crippen molar-refractivity contribution >= 4 is 85.0 Å². The third kappa shape index (κ3) is 7.12. The van der Waals surface area contributed by atoms with E-state index in [1.54, 1.807) is 6.07 Å². The van der Waals surface area contributed by atoms with Gasteiger partial charge in [-0.2, -0.15) is 12.1 Å². The van der Waals surface area contributed by atoms with Crippen LogP contribution in [0.5, 0.6) is 0 Å². The largest absolute Gasteiger partial charge is 3.00 e. The van der Waals surface area contributed by atoms with Gasteiger partial charge in [-0.25, -0.2) is 4.39 Å². The molecule has 0 spiro atoms. The molecule has 10 aromatic rings. The summed E-state index contributed by atoms with van der Waals surface area (Å²) in [6.45, 7) is 12.9. The van der Waals surface area contributed by atoms with E-state index in [1.807, 2.05) is 98.9 Å². The summed E-state index contributed by atoms with van der Waals surface area (Å²) in [4.78, 5) is 6.81. The average Bonchev–Trinajstić information content (AvgIpc) is 3.94. The molecule has 0 aliphatic carbocycles. The first kappa shape index (κ1) is 39.1. The van der Waals surface area contributed by atoms with Gasteiger partial charge in [0.2, 0.25) is 0 Å². The third-order valence-corrected chi connectivity index (χ3v) is 13.5. The van der Waals surface area contributed by atoms with Gasteiger partial charge in [0.1, 0.15) is 17.0 Å². The number of pyridine rings is 1. The molecule has 0 radical (unpaired) electrons. The quantitative estimate of drug-likeness (QED) is 0.127. The topological polar surface area (TPSA) is 56.5 Å². The molecule has 8 heteroatoms. The molecular formula is C53H43FIrN3O2Si. The van der Waals surface area contributed by atoms with Crippen molar-refractivity contribution in [2.75, 3.05) is 4.90 Å². The van der Waals surface area contributed by atoms with Crippen molar-refractivity contribution in [2.24, 2.45) is 0 Å². The Labute approximate surface area is 371 Å². The molecule has 61 heavy (non-hydrogen) atoms. The maximum atomic E-state index is 14.3. The van der Waals surface area contributed by atoms with E-state index < -0.39 is 20.1 Å². The first-order valence-corrected chi connectivity index (χ1v) is 23.8. The summed E-state index contributed by atoms with van der Waals surface area (Å²) in [5.41, 5.74) is 10.6. The minimum Gasteiger partial charge on any atom is -0.661 e. The van der Waals surface area contributed by atoms with E-state index in [-0.39, 0.29) is 25.9 Å². The van der Waals surface area contributed by atoms with Gasteiger partial charge >= 0.3 is 20.1 Å². The summed E-state index contributed by atoms with van der Waals surface area (Å²) < 4.78 is 35.6. The van der Waals surface area contributed by atoms with Gasteiger partial charge in [0.25, 0.3) is 0 Å². The summed E-state index contributed by atoms with van der Waals surface area (Å²) in [6.07, 6.45) is 1.52. The van der Waals surface area contributed by atoms with Crippen LogP contribution in [-0.2, 0) is 20.1 Å². The van der Waals surface area contributed by atoms with Crippen molar-refractivity contribution < 1.29 is 34.7 Å². The number of anilines is 2. The minimum absolute atomic E-state index is 0. The molecule has 302 valence electrons. The average molecular weight is 994 g/mol. The third-order valence-electron chi connectivity index (χ3n) is 11.5. The van der Waals surface area contributed by atoms with E-state index >= 15 is 0 Å². The Bertz CT molecular complexity index is 3320. The Morgan fingerprint density at radius 1 is 0.770 bits per heavy atom. The molecule has 0 amide bonds. The number of hydrogen-bond donors (Lipinski definition) is 0. The molecule has 3 aromatic heterocycles. The summed E-state index contributed by atoms with van der Waals surface area (Å²) in [5, 5.41) is 12.5. The first-order valence-electron chi connectivity index (χ1n) is 20.8. The Kier molecular flexibility index (Phi) is 10.1. The van der Waals surface area contributed by atoms with Gasteiger partial charge < -0.3 is 24.0 Å². The van der Waals surface area contributed by atoms with Crippen molar-refractivity contribution in [1.29, 1.82) is 0 Å². The van der Waals surface area contributed by atoms with E-state index in [0.29, 0.717) is 11.2 Å². The second-order valence-corrected chi connectivity index (χ2v) is 21.8. The van der Waals surface area contributed by atoms with Crippen LogP contribution in [0.3, 0.4) is 0 Å². The maximum absolute atomic E-state index is 14.3. The van der Waals surface area contributed by atoms with E-state index in [9.17, 15) is 4.39 Å². The summed E-state index contributed by atoms with van der Waals surface area (Å²) in [5.74, 6) is -0.903. The van der Waals surface area contributed by atoms with Crippen molar-refractivity contribution in [3.8, 4) is 11.3 Å². The van der Waals surface area contributed by atoms with Gasteiger partial charge in [-0.3, -0.25) is 0 Å². The van der Waals surface area contributed by atoms with Crippen LogP contribution in [0.15, 0.2) is 148 Å². The molecule has 11 rings (SSSR count). The van der Waals surface area contributed by atoms with Gasteiger partial charge in [-0.05, 0) is 70.1 Å². The Morgan fingerprint density at radius 2 is 1.49 bits per heavy atom. The van der Waals surface area contributed by atoms with Gasteiger partial charge in [-0.15, -0.1) is 52.7 Å². The maximum Gasteiger partial charge on any atom is 3.00 e. The standard InChI is InChI=1S/C36H21FN2O2.C17H22NSi.Ir/c1-20-13-15-26(35-33(20)25-9-4-5-12-31(25)41-35)36-38-28-17-21-7-2-3-8-22(21)18-30(28)39(36)29-11-6-10-24-27-19-23(37)14-16-32(27)40-34(24)29;1-13(2)15-11-16(14-9-7-6-8-10-14)18-12-17(15)19(3,4)5;/h2-14,16-19,36H,1H3;6-9,11-13H,1-5H3;/q-2;-1;+3/i;13D;. The first-order chi connectivity index (χ1) is 29.3. The van der Waals surface area contributed by atoms with E-state index in [0.717, 1.165) is 88.5 Å². The zero-order valence-electron chi connectivity index (χ0n) is 35.7. The molecule has 0 fully saturated rings. The Balaban J connectivity index is 0.000000198. The molecule has 1 aliphatic heterocycles. The molecule has 1 unspecified atom stereocenters. The minimum atomic E-state index is -1.50. The molecular weight excluding hydrogens is 950 g/mol. The molecule has 7 aromatic carbocycles. The molecule has 1 aliphatic rings. The number of aryl methyl sites for hydroxylation is 1. The molecule has 0 N–H and O–H groups in total. The summed E-state index contributed by atoms with van der Waals surface area (Å²) in [7, 11) is -1.50. The fourth-order valence-corrected chi connectivity index (χ4v) is 10.1. The Morgan fingerprint density at radius 3 is 2.26 bits per heavy atom. The normalized spacial score (nSPS) is 14.2. The second-order valence-electron chi connectivity index (χ2n) is 16.8. The number of benzene rings is 7. The van der Waals surface area contributed by atoms with Gasteiger partial charge in [-0.1, -0.05) is 118 Å². The number of fused-ring (bicyclic) bond motifs is 8. The fourth-order valence-electron chi connectivity index (χ4n) is 8.54. The number of para-hydroxylation sites is 2. The predicted octanol–water partition coefficient (Wildman–Crippen LogP) is 15.0. The molecule has 0 saturated heterocycles. The number of furan rings is 2. The zero-order valence-corrected chi connectivity index (χ0v) is 38.1. The number of rotatable bonds is 5. The number of nitrogens with zero attached hydrogens (tertiary/aromatic N) is 3. The Hall–Kier alpha value is -6.05. The van der Waals surface area contributed by atoms with Crippen molar-refractivity contribution in [3.05, 3.63) is 180 Å². The molecule has 4 heterocycles. The zero-order chi connectivity index (χ0) is 42.2. The molecule has 0 saturated carbocycles. The monoisotopic (exact) mass is 994 g/mol. The molecule has 1 atom stereocenters. The predicted molar refractivity (Wildman–Crippen MR) is 248 cm³/mol. The van der Waals surface area contributed by atoms with Crippen LogP contribution >= 0.6 is 0 Å². The van der Waals surface area contributed by atoms with E-state index in [2.05, 4.69) is 85.0 Å². The van der Waals surface area contributed by atoms with Crippen LogP contribution in [-0.4, -0.2) is 13.1 Å². The van der Waals surface area contributed by atoms with Crippen molar-refractivity contribution in [3.63, 3.8) is 0 Å². The van der Waals surface area contributed by atoms with Crippen LogP contribution in [0.2, 0.25) is 19.6 Å². The van der Waals surface area contributed by atoms with Gasteiger partial charge in [0.05, 0.1) is 13.8 Å². The SMILES string of the molecule is Cc1c[c-]c(C2[N-]c3cc4ccccc4cc3N2c2cccc3c2oc2ccc(F)cc23)c2oc3ccccc3c12.[2H]C(C)(C)c1cc(-c2[c-]cccc2)ncc1[Si](C)(C)C.[Ir+3]. The van der Waals surface area contributed by atoms with Crippen LogP contribution in [0, 0.1) is 24.9 Å². The number of hydrogen-bond acceptors (Lipinski definition) is 4.